The van der Waals surface area contributed by atoms with Crippen LogP contribution in [0.2, 0.25) is 0 Å². The van der Waals surface area contributed by atoms with E-state index in [1.54, 1.807) is 18.6 Å². The Labute approximate surface area is 115 Å². The van der Waals surface area contributed by atoms with Crippen LogP contribution in [0.4, 0.5) is 0 Å². The summed E-state index contributed by atoms with van der Waals surface area (Å²) < 4.78 is 5.05. The van der Waals surface area contributed by atoms with E-state index in [1.807, 2.05) is 6.92 Å². The van der Waals surface area contributed by atoms with Gasteiger partial charge in [0.15, 0.2) is 0 Å². The Balaban J connectivity index is 2.18. The lowest BCUT2D eigenvalue weighted by molar-refractivity contribution is -0.144. The zero-order chi connectivity index (χ0) is 14.0. The standard InChI is InChI=1S/C13H17NO4S/c1-8-3-4-14(10(5-8)13(16)17)12(15)11-6-9(18-2)7-19-11/h6-8,10H,3-5H2,1-2H3,(H,16,17). The minimum absolute atomic E-state index is 0.215. The Kier molecular flexibility index (Phi) is 4.09. The molecule has 1 amide bonds. The van der Waals surface area contributed by atoms with Crippen molar-refractivity contribution >= 4 is 23.2 Å². The summed E-state index contributed by atoms with van der Waals surface area (Å²) in [6.07, 6.45) is 1.36. The molecule has 1 aromatic heterocycles. The molecule has 2 rings (SSSR count). The van der Waals surface area contributed by atoms with E-state index in [-0.39, 0.29) is 5.91 Å². The van der Waals surface area contributed by atoms with Crippen molar-refractivity contribution in [3.8, 4) is 5.75 Å². The first kappa shape index (κ1) is 13.9. The number of carbonyl (C=O) groups is 2. The number of carbonyl (C=O) groups excluding carboxylic acids is 1. The summed E-state index contributed by atoms with van der Waals surface area (Å²) in [6, 6.07) is 0.938. The molecule has 0 aromatic carbocycles. The highest BCUT2D eigenvalue weighted by Gasteiger charge is 2.35. The van der Waals surface area contributed by atoms with Crippen LogP contribution in [0.1, 0.15) is 29.4 Å². The molecule has 2 heterocycles. The van der Waals surface area contributed by atoms with Crippen LogP contribution < -0.4 is 4.74 Å². The van der Waals surface area contributed by atoms with Gasteiger partial charge in [0.25, 0.3) is 5.91 Å². The van der Waals surface area contributed by atoms with E-state index >= 15 is 0 Å². The number of hydrogen-bond donors (Lipinski definition) is 1. The van der Waals surface area contributed by atoms with Gasteiger partial charge in [-0.1, -0.05) is 6.92 Å². The van der Waals surface area contributed by atoms with Crippen molar-refractivity contribution < 1.29 is 19.4 Å². The van der Waals surface area contributed by atoms with E-state index in [4.69, 9.17) is 4.74 Å². The molecule has 0 aliphatic carbocycles. The van der Waals surface area contributed by atoms with Crippen molar-refractivity contribution in [1.29, 1.82) is 0 Å². The lowest BCUT2D eigenvalue weighted by Gasteiger charge is -2.35. The average molecular weight is 283 g/mol. The highest BCUT2D eigenvalue weighted by Crippen LogP contribution is 2.28. The van der Waals surface area contributed by atoms with Crippen LogP contribution in [0.3, 0.4) is 0 Å². The summed E-state index contributed by atoms with van der Waals surface area (Å²) in [5.74, 6) is -0.176. The predicted molar refractivity (Wildman–Crippen MR) is 71.7 cm³/mol. The number of likely N-dealkylation sites (tertiary alicyclic amines) is 1. The summed E-state index contributed by atoms with van der Waals surface area (Å²) in [4.78, 5) is 25.7. The molecule has 6 heteroatoms. The third kappa shape index (κ3) is 2.89. The molecule has 1 N–H and O–H groups in total. The summed E-state index contributed by atoms with van der Waals surface area (Å²) >= 11 is 1.28. The largest absolute Gasteiger partial charge is 0.496 e. The molecule has 1 saturated heterocycles. The molecule has 1 aliphatic rings. The molecule has 5 nitrogen and oxygen atoms in total. The summed E-state index contributed by atoms with van der Waals surface area (Å²) in [7, 11) is 1.54. The average Bonchev–Trinajstić information content (AvgIpc) is 2.86. The van der Waals surface area contributed by atoms with Gasteiger partial charge in [-0.05, 0) is 18.8 Å². The molecule has 1 aromatic rings. The molecule has 19 heavy (non-hydrogen) atoms. The molecule has 0 spiro atoms. The number of carboxylic acids is 1. The number of methoxy groups -OCH3 is 1. The molecule has 0 saturated carbocycles. The minimum Gasteiger partial charge on any atom is -0.496 e. The molecular weight excluding hydrogens is 266 g/mol. The normalized spacial score (nSPS) is 23.2. The Hall–Kier alpha value is -1.56. The van der Waals surface area contributed by atoms with Crippen LogP contribution in [0.15, 0.2) is 11.4 Å². The Morgan fingerprint density at radius 2 is 2.26 bits per heavy atom. The topological polar surface area (TPSA) is 66.8 Å². The van der Waals surface area contributed by atoms with Crippen LogP contribution in [0.25, 0.3) is 0 Å². The van der Waals surface area contributed by atoms with Gasteiger partial charge in [0, 0.05) is 18.0 Å². The molecule has 1 fully saturated rings. The van der Waals surface area contributed by atoms with Gasteiger partial charge >= 0.3 is 5.97 Å². The number of nitrogens with zero attached hydrogens (tertiary/aromatic N) is 1. The van der Waals surface area contributed by atoms with E-state index in [2.05, 4.69) is 0 Å². The van der Waals surface area contributed by atoms with Crippen LogP contribution >= 0.6 is 11.3 Å². The Bertz CT molecular complexity index is 485. The Morgan fingerprint density at radius 3 is 2.84 bits per heavy atom. The molecule has 0 radical (unpaired) electrons. The lowest BCUT2D eigenvalue weighted by Crippen LogP contribution is -2.49. The number of ether oxygens (including phenoxy) is 1. The van der Waals surface area contributed by atoms with Crippen LogP contribution in [0, 0.1) is 5.92 Å². The third-order valence-electron chi connectivity index (χ3n) is 3.43. The zero-order valence-corrected chi connectivity index (χ0v) is 11.8. The van der Waals surface area contributed by atoms with Gasteiger partial charge < -0.3 is 14.7 Å². The predicted octanol–water partition coefficient (Wildman–Crippen LogP) is 2.08. The fraction of sp³-hybridized carbons (Fsp3) is 0.538. The number of piperidine rings is 1. The zero-order valence-electron chi connectivity index (χ0n) is 11.0. The summed E-state index contributed by atoms with van der Waals surface area (Å²) in [5, 5.41) is 11.0. The smallest absolute Gasteiger partial charge is 0.326 e. The van der Waals surface area contributed by atoms with E-state index in [0.29, 0.717) is 29.5 Å². The van der Waals surface area contributed by atoms with Crippen molar-refractivity contribution in [2.24, 2.45) is 5.92 Å². The summed E-state index contributed by atoms with van der Waals surface area (Å²) in [5.41, 5.74) is 0. The van der Waals surface area contributed by atoms with Crippen molar-refractivity contribution in [3.63, 3.8) is 0 Å². The first-order valence-corrected chi connectivity index (χ1v) is 7.07. The minimum atomic E-state index is -0.927. The van der Waals surface area contributed by atoms with E-state index in [0.717, 1.165) is 6.42 Å². The molecular formula is C13H17NO4S. The molecule has 0 bridgehead atoms. The SMILES string of the molecule is COc1csc(C(=O)N2CCC(C)CC2C(=O)O)c1. The molecule has 104 valence electrons. The van der Waals surface area contributed by atoms with E-state index in [9.17, 15) is 14.7 Å². The molecule has 2 unspecified atom stereocenters. The Morgan fingerprint density at radius 1 is 1.53 bits per heavy atom. The number of amides is 1. The summed E-state index contributed by atoms with van der Waals surface area (Å²) in [6.45, 7) is 2.52. The van der Waals surface area contributed by atoms with Gasteiger partial charge in [-0.2, -0.15) is 0 Å². The maximum atomic E-state index is 12.4. The molecule has 1 aliphatic heterocycles. The number of carboxylic acid groups (broad SMARTS) is 1. The van der Waals surface area contributed by atoms with Gasteiger partial charge in [0.2, 0.25) is 0 Å². The number of thiophene rings is 1. The van der Waals surface area contributed by atoms with E-state index in [1.165, 1.54) is 16.2 Å². The van der Waals surface area contributed by atoms with Crippen molar-refractivity contribution in [1.82, 2.24) is 4.90 Å². The van der Waals surface area contributed by atoms with E-state index < -0.39 is 12.0 Å². The van der Waals surface area contributed by atoms with Crippen LogP contribution in [-0.2, 0) is 4.79 Å². The van der Waals surface area contributed by atoms with Crippen molar-refractivity contribution in [2.75, 3.05) is 13.7 Å². The van der Waals surface area contributed by atoms with Gasteiger partial charge in [0.1, 0.15) is 11.8 Å². The third-order valence-corrected chi connectivity index (χ3v) is 4.33. The fourth-order valence-corrected chi connectivity index (χ4v) is 3.11. The van der Waals surface area contributed by atoms with Gasteiger partial charge in [-0.3, -0.25) is 4.79 Å². The molecule has 2 atom stereocenters. The number of rotatable bonds is 3. The van der Waals surface area contributed by atoms with Crippen molar-refractivity contribution in [2.45, 2.75) is 25.8 Å². The monoisotopic (exact) mass is 283 g/mol. The second-order valence-electron chi connectivity index (χ2n) is 4.83. The first-order valence-electron chi connectivity index (χ1n) is 6.19. The van der Waals surface area contributed by atoms with Crippen molar-refractivity contribution in [3.05, 3.63) is 16.3 Å². The second kappa shape index (κ2) is 5.61. The van der Waals surface area contributed by atoms with Crippen LogP contribution in [-0.4, -0.2) is 41.6 Å². The fourth-order valence-electron chi connectivity index (χ4n) is 2.30. The number of aliphatic carboxylic acids is 1. The quantitative estimate of drug-likeness (QED) is 0.922. The van der Waals surface area contributed by atoms with Gasteiger partial charge in [-0.15, -0.1) is 11.3 Å². The first-order chi connectivity index (χ1) is 9.02. The van der Waals surface area contributed by atoms with Gasteiger partial charge in [-0.25, -0.2) is 4.79 Å². The maximum absolute atomic E-state index is 12.4. The van der Waals surface area contributed by atoms with Gasteiger partial charge in [0.05, 0.1) is 12.0 Å². The van der Waals surface area contributed by atoms with Crippen LogP contribution in [0.5, 0.6) is 5.75 Å². The highest BCUT2D eigenvalue weighted by molar-refractivity contribution is 7.12. The lowest BCUT2D eigenvalue weighted by atomic mass is 9.92. The second-order valence-corrected chi connectivity index (χ2v) is 5.74. The number of hydrogen-bond acceptors (Lipinski definition) is 4. The maximum Gasteiger partial charge on any atom is 0.326 e. The highest BCUT2D eigenvalue weighted by atomic mass is 32.1.